The van der Waals surface area contributed by atoms with Crippen LogP contribution in [0.4, 0.5) is 0 Å². The predicted octanol–water partition coefficient (Wildman–Crippen LogP) is 1.04. The zero-order valence-corrected chi connectivity index (χ0v) is 7.49. The van der Waals surface area contributed by atoms with E-state index in [9.17, 15) is 0 Å². The van der Waals surface area contributed by atoms with Crippen molar-refractivity contribution in [1.29, 1.82) is 0 Å². The van der Waals surface area contributed by atoms with Gasteiger partial charge in [-0.2, -0.15) is 0 Å². The number of aliphatic imine (C=N–C) groups is 1. The van der Waals surface area contributed by atoms with E-state index in [2.05, 4.69) is 10.3 Å². The normalized spacial score (nSPS) is 9.86. The monoisotopic (exact) mass is 272 g/mol. The van der Waals surface area contributed by atoms with Crippen LogP contribution in [0.3, 0.4) is 0 Å². The van der Waals surface area contributed by atoms with Crippen LogP contribution >= 0.6 is 0 Å². The molecule has 0 aliphatic rings. The van der Waals surface area contributed by atoms with Gasteiger partial charge < -0.3 is 10.3 Å². The van der Waals surface area contributed by atoms with Gasteiger partial charge in [-0.3, -0.25) is 0 Å². The molecule has 0 aliphatic carbocycles. The van der Waals surface area contributed by atoms with Gasteiger partial charge in [0.05, 0.1) is 0 Å². The minimum Gasteiger partial charge on any atom is -0.473 e. The Hall–Kier alpha value is 0.132. The molecular weight excluding hydrogens is 262 g/mol. The fourth-order valence-electron chi connectivity index (χ4n) is 0.100. The van der Waals surface area contributed by atoms with Gasteiger partial charge in [0.15, 0.2) is 0 Å². The van der Waals surface area contributed by atoms with Crippen molar-refractivity contribution in [2.24, 2.45) is 4.99 Å². The Kier molecular flexibility index (Phi) is 8.92. The summed E-state index contributed by atoms with van der Waals surface area (Å²) < 4.78 is 0. The fraction of sp³-hybridized carbons (Fsp3) is 0.750. The van der Waals surface area contributed by atoms with Crippen LogP contribution in [0, 0.1) is 0 Å². The number of hydrogen-bond acceptors (Lipinski definition) is 1. The van der Waals surface area contributed by atoms with Gasteiger partial charge in [-0.25, -0.2) is 0 Å². The average molecular weight is 271 g/mol. The molecule has 0 fully saturated rings. The van der Waals surface area contributed by atoms with Gasteiger partial charge in [-0.1, -0.05) is 19.9 Å². The number of amidine groups is 1. The zero-order chi connectivity index (χ0) is 4.99. The van der Waals surface area contributed by atoms with Crippen molar-refractivity contribution >= 4 is 5.84 Å². The second kappa shape index (κ2) is 6.13. The van der Waals surface area contributed by atoms with Crippen molar-refractivity contribution in [2.75, 3.05) is 14.1 Å². The third kappa shape index (κ3) is 6.13. The third-order valence-electron chi connectivity index (χ3n) is 0.647. The SMILES string of the molecule is CN=C(C)[N-]C.[Re]. The fourth-order valence-corrected chi connectivity index (χ4v) is 0.100. The molecule has 0 unspecified atom stereocenters. The molecule has 0 bridgehead atoms. The topological polar surface area (TPSA) is 26.5 Å². The van der Waals surface area contributed by atoms with E-state index in [1.807, 2.05) is 6.92 Å². The van der Waals surface area contributed by atoms with Gasteiger partial charge in [0.25, 0.3) is 0 Å². The summed E-state index contributed by atoms with van der Waals surface area (Å²) in [7, 11) is 3.45. The van der Waals surface area contributed by atoms with Gasteiger partial charge in [0, 0.05) is 20.4 Å². The van der Waals surface area contributed by atoms with Crippen LogP contribution in [-0.4, -0.2) is 19.9 Å². The molecule has 0 aromatic rings. The van der Waals surface area contributed by atoms with Crippen LogP contribution in [0.25, 0.3) is 5.32 Å². The van der Waals surface area contributed by atoms with Gasteiger partial charge in [0.2, 0.25) is 0 Å². The quantitative estimate of drug-likeness (QED) is 0.465. The van der Waals surface area contributed by atoms with Gasteiger partial charge in [0.1, 0.15) is 0 Å². The second-order valence-corrected chi connectivity index (χ2v) is 0.994. The molecule has 43 valence electrons. The molecule has 0 spiro atoms. The molecule has 0 amide bonds. The summed E-state index contributed by atoms with van der Waals surface area (Å²) >= 11 is 0. The molecule has 0 aromatic carbocycles. The van der Waals surface area contributed by atoms with Crippen molar-refractivity contribution in [3.05, 3.63) is 5.32 Å². The Morgan fingerprint density at radius 1 is 1.57 bits per heavy atom. The summed E-state index contributed by atoms with van der Waals surface area (Å²) in [5.41, 5.74) is 0. The molecule has 0 heterocycles. The minimum absolute atomic E-state index is 0. The van der Waals surface area contributed by atoms with Crippen molar-refractivity contribution in [3.63, 3.8) is 0 Å². The Morgan fingerprint density at radius 2 is 2.00 bits per heavy atom. The van der Waals surface area contributed by atoms with Crippen molar-refractivity contribution in [3.8, 4) is 0 Å². The Morgan fingerprint density at radius 3 is 2.00 bits per heavy atom. The van der Waals surface area contributed by atoms with Gasteiger partial charge in [-0.15, -0.1) is 0 Å². The first kappa shape index (κ1) is 10.2. The maximum Gasteiger partial charge on any atom is 0 e. The summed E-state index contributed by atoms with van der Waals surface area (Å²) in [4.78, 5) is 3.76. The Bertz CT molecular complexity index is 60.7. The number of rotatable bonds is 0. The van der Waals surface area contributed by atoms with E-state index < -0.39 is 0 Å². The molecule has 3 heteroatoms. The van der Waals surface area contributed by atoms with Gasteiger partial charge >= 0.3 is 0 Å². The maximum atomic E-state index is 3.76. The summed E-state index contributed by atoms with van der Waals surface area (Å²) in [6.45, 7) is 1.86. The summed E-state index contributed by atoms with van der Waals surface area (Å²) in [6, 6.07) is 0. The molecule has 0 saturated carbocycles. The van der Waals surface area contributed by atoms with E-state index in [-0.39, 0.29) is 20.4 Å². The second-order valence-electron chi connectivity index (χ2n) is 0.994. The zero-order valence-electron chi connectivity index (χ0n) is 4.77. The van der Waals surface area contributed by atoms with Crippen molar-refractivity contribution in [1.82, 2.24) is 0 Å². The summed E-state index contributed by atoms with van der Waals surface area (Å²) in [5, 5.41) is 3.76. The molecule has 0 rings (SSSR count). The molecule has 0 saturated heterocycles. The van der Waals surface area contributed by atoms with Crippen LogP contribution in [0.2, 0.25) is 0 Å². The maximum absolute atomic E-state index is 3.76. The standard InChI is InChI=1S/C4H9N2.Re/c1-4(5-2)6-3;/h1-3H3;/q-1;. The molecule has 2 nitrogen and oxygen atoms in total. The Balaban J connectivity index is 0. The number of hydrogen-bond donors (Lipinski definition) is 0. The molecule has 0 N–H and O–H groups in total. The van der Waals surface area contributed by atoms with Crippen LogP contribution in [0.1, 0.15) is 6.92 Å². The molecule has 7 heavy (non-hydrogen) atoms. The van der Waals surface area contributed by atoms with E-state index in [0.29, 0.717) is 0 Å². The summed E-state index contributed by atoms with van der Waals surface area (Å²) in [6.07, 6.45) is 0. The molecule has 0 aliphatic heterocycles. The first-order chi connectivity index (χ1) is 2.81. The first-order valence-electron chi connectivity index (χ1n) is 1.84. The minimum atomic E-state index is 0. The Labute approximate surface area is 58.1 Å². The van der Waals surface area contributed by atoms with Gasteiger partial charge in [-0.05, 0) is 6.92 Å². The summed E-state index contributed by atoms with van der Waals surface area (Å²) in [5.74, 6) is 0.843. The van der Waals surface area contributed by atoms with E-state index in [0.717, 1.165) is 5.84 Å². The molecule has 1 radical (unpaired) electrons. The predicted molar refractivity (Wildman–Crippen MR) is 28.3 cm³/mol. The van der Waals surface area contributed by atoms with Crippen LogP contribution in [-0.2, 0) is 20.4 Å². The van der Waals surface area contributed by atoms with E-state index in [4.69, 9.17) is 0 Å². The van der Waals surface area contributed by atoms with Crippen LogP contribution < -0.4 is 0 Å². The third-order valence-corrected chi connectivity index (χ3v) is 0.647. The van der Waals surface area contributed by atoms with E-state index >= 15 is 0 Å². The van der Waals surface area contributed by atoms with Crippen LogP contribution in [0.15, 0.2) is 4.99 Å². The van der Waals surface area contributed by atoms with E-state index in [1.54, 1.807) is 14.1 Å². The first-order valence-corrected chi connectivity index (χ1v) is 1.84. The number of nitrogens with zero attached hydrogens (tertiary/aromatic N) is 2. The smallest absolute Gasteiger partial charge is 0 e. The van der Waals surface area contributed by atoms with Crippen molar-refractivity contribution < 1.29 is 20.4 Å². The largest absolute Gasteiger partial charge is 0.473 e. The molecule has 0 aromatic heterocycles. The molecular formula is C4H9N2Re-. The van der Waals surface area contributed by atoms with Crippen molar-refractivity contribution in [2.45, 2.75) is 6.92 Å². The molecule has 0 atom stereocenters. The van der Waals surface area contributed by atoms with E-state index in [1.165, 1.54) is 0 Å². The average Bonchev–Trinajstić information content (AvgIpc) is 1.65. The van der Waals surface area contributed by atoms with Crippen LogP contribution in [0.5, 0.6) is 0 Å².